The van der Waals surface area contributed by atoms with Crippen molar-refractivity contribution in [2.24, 2.45) is 5.73 Å². The van der Waals surface area contributed by atoms with Crippen LogP contribution in [0.15, 0.2) is 77.3 Å². The molecule has 0 bridgehead atoms. The standard InChI is InChI=1S/C25H24N4O5/c1-4-28-23(30)16-10-12-17(13-11-16)29-21(25(32)34-3)20(24(31)33-2)19(18(14-26)22(29)27)15-8-6-5-7-9-15/h5-13,19H,4,27H2,1-3H3,(H,28,30). The highest BCUT2D eigenvalue weighted by atomic mass is 16.5. The molecular weight excluding hydrogens is 436 g/mol. The van der Waals surface area contributed by atoms with Crippen molar-refractivity contribution < 1.29 is 23.9 Å². The Morgan fingerprint density at radius 3 is 2.18 bits per heavy atom. The Morgan fingerprint density at radius 2 is 1.65 bits per heavy atom. The molecule has 2 aromatic rings. The molecule has 0 fully saturated rings. The third kappa shape index (κ3) is 4.34. The smallest absolute Gasteiger partial charge is 0.355 e. The first kappa shape index (κ1) is 24.1. The van der Waals surface area contributed by atoms with Gasteiger partial charge in [-0.3, -0.25) is 9.69 Å². The molecule has 1 aliphatic heterocycles. The van der Waals surface area contributed by atoms with E-state index in [4.69, 9.17) is 15.2 Å². The first-order valence-corrected chi connectivity index (χ1v) is 10.4. The first-order valence-electron chi connectivity index (χ1n) is 10.4. The predicted molar refractivity (Wildman–Crippen MR) is 124 cm³/mol. The minimum Gasteiger partial charge on any atom is -0.466 e. The minimum atomic E-state index is -0.946. The van der Waals surface area contributed by atoms with Gasteiger partial charge >= 0.3 is 11.9 Å². The van der Waals surface area contributed by atoms with Gasteiger partial charge in [-0.1, -0.05) is 30.3 Å². The second-order valence-electron chi connectivity index (χ2n) is 7.24. The van der Waals surface area contributed by atoms with Gasteiger partial charge in [0.15, 0.2) is 0 Å². The molecule has 1 amide bonds. The molecule has 1 atom stereocenters. The number of ether oxygens (including phenoxy) is 2. The lowest BCUT2D eigenvalue weighted by Gasteiger charge is -2.35. The average molecular weight is 460 g/mol. The van der Waals surface area contributed by atoms with Gasteiger partial charge in [0.2, 0.25) is 0 Å². The molecule has 0 saturated carbocycles. The van der Waals surface area contributed by atoms with Crippen molar-refractivity contribution >= 4 is 23.5 Å². The van der Waals surface area contributed by atoms with E-state index in [-0.39, 0.29) is 28.6 Å². The molecule has 0 aliphatic carbocycles. The predicted octanol–water partition coefficient (Wildman–Crippen LogP) is 2.33. The molecular formula is C25H24N4O5. The highest BCUT2D eigenvalue weighted by Gasteiger charge is 2.42. The Morgan fingerprint density at radius 1 is 1.03 bits per heavy atom. The Bertz CT molecular complexity index is 1210. The van der Waals surface area contributed by atoms with Crippen molar-refractivity contribution in [1.82, 2.24) is 5.32 Å². The maximum Gasteiger partial charge on any atom is 0.355 e. The van der Waals surface area contributed by atoms with E-state index in [1.54, 1.807) is 61.5 Å². The Labute approximate surface area is 197 Å². The van der Waals surface area contributed by atoms with Crippen molar-refractivity contribution in [2.75, 3.05) is 25.7 Å². The van der Waals surface area contributed by atoms with Crippen LogP contribution in [0.25, 0.3) is 0 Å². The van der Waals surface area contributed by atoms with Crippen LogP contribution in [0.4, 0.5) is 5.69 Å². The number of hydrogen-bond acceptors (Lipinski definition) is 8. The number of allylic oxidation sites excluding steroid dienone is 1. The van der Waals surface area contributed by atoms with Crippen molar-refractivity contribution in [1.29, 1.82) is 5.26 Å². The lowest BCUT2D eigenvalue weighted by Crippen LogP contribution is -2.40. The number of nitrogens with two attached hydrogens (primary N) is 1. The summed E-state index contributed by atoms with van der Waals surface area (Å²) in [6.45, 7) is 2.27. The van der Waals surface area contributed by atoms with E-state index in [0.717, 1.165) is 0 Å². The average Bonchev–Trinajstić information content (AvgIpc) is 2.87. The summed E-state index contributed by atoms with van der Waals surface area (Å²) >= 11 is 0. The fraction of sp³-hybridized carbons (Fsp3) is 0.200. The number of carbonyl (C=O) groups excluding carboxylic acids is 3. The second kappa shape index (κ2) is 10.4. The number of amides is 1. The molecule has 0 aromatic heterocycles. The van der Waals surface area contributed by atoms with E-state index in [1.807, 2.05) is 0 Å². The molecule has 0 radical (unpaired) electrons. The summed E-state index contributed by atoms with van der Waals surface area (Å²) in [7, 11) is 2.36. The van der Waals surface area contributed by atoms with Crippen LogP contribution in [0.2, 0.25) is 0 Å². The number of benzene rings is 2. The first-order chi connectivity index (χ1) is 16.4. The number of esters is 2. The maximum atomic E-state index is 13.0. The highest BCUT2D eigenvalue weighted by Crippen LogP contribution is 2.43. The third-order valence-electron chi connectivity index (χ3n) is 5.34. The number of hydrogen-bond donors (Lipinski definition) is 2. The number of carbonyl (C=O) groups is 3. The van der Waals surface area contributed by atoms with Gasteiger partial charge in [0.25, 0.3) is 5.91 Å². The van der Waals surface area contributed by atoms with E-state index in [1.165, 1.54) is 19.1 Å². The number of nitriles is 1. The largest absolute Gasteiger partial charge is 0.466 e. The number of methoxy groups -OCH3 is 2. The Kier molecular flexibility index (Phi) is 7.33. The van der Waals surface area contributed by atoms with E-state index in [2.05, 4.69) is 11.4 Å². The third-order valence-corrected chi connectivity index (χ3v) is 5.34. The summed E-state index contributed by atoms with van der Waals surface area (Å²) in [5.41, 5.74) is 7.56. The van der Waals surface area contributed by atoms with E-state index < -0.39 is 17.9 Å². The normalized spacial score (nSPS) is 15.5. The molecule has 9 heteroatoms. The van der Waals surface area contributed by atoms with Gasteiger partial charge in [-0.25, -0.2) is 9.59 Å². The van der Waals surface area contributed by atoms with E-state index in [9.17, 15) is 19.6 Å². The van der Waals surface area contributed by atoms with Crippen LogP contribution in [-0.2, 0) is 19.1 Å². The summed E-state index contributed by atoms with van der Waals surface area (Å²) < 4.78 is 9.99. The molecule has 1 heterocycles. The molecule has 0 spiro atoms. The van der Waals surface area contributed by atoms with Crippen molar-refractivity contribution in [2.45, 2.75) is 12.8 Å². The summed E-state index contributed by atoms with van der Waals surface area (Å²) in [6, 6.07) is 17.1. The summed E-state index contributed by atoms with van der Waals surface area (Å²) in [6.07, 6.45) is 0. The maximum absolute atomic E-state index is 13.0. The lowest BCUT2D eigenvalue weighted by atomic mass is 9.81. The number of anilines is 1. The monoisotopic (exact) mass is 460 g/mol. The molecule has 3 rings (SSSR count). The van der Waals surface area contributed by atoms with Crippen LogP contribution in [-0.4, -0.2) is 38.6 Å². The number of rotatable bonds is 6. The van der Waals surface area contributed by atoms with E-state index >= 15 is 0 Å². The van der Waals surface area contributed by atoms with Crippen LogP contribution in [0.1, 0.15) is 28.8 Å². The van der Waals surface area contributed by atoms with Crippen LogP contribution in [0, 0.1) is 11.3 Å². The zero-order valence-electron chi connectivity index (χ0n) is 19.0. The van der Waals surface area contributed by atoms with Crippen molar-refractivity contribution in [3.8, 4) is 6.07 Å². The van der Waals surface area contributed by atoms with Gasteiger partial charge < -0.3 is 20.5 Å². The summed E-state index contributed by atoms with van der Waals surface area (Å²) in [4.78, 5) is 39.4. The van der Waals surface area contributed by atoms with E-state index in [0.29, 0.717) is 23.4 Å². The van der Waals surface area contributed by atoms with Gasteiger partial charge in [-0.2, -0.15) is 5.26 Å². The fourth-order valence-electron chi connectivity index (χ4n) is 3.81. The van der Waals surface area contributed by atoms with Gasteiger partial charge in [0.1, 0.15) is 11.5 Å². The molecule has 3 N–H and O–H groups in total. The molecule has 9 nitrogen and oxygen atoms in total. The second-order valence-corrected chi connectivity index (χ2v) is 7.24. The topological polar surface area (TPSA) is 135 Å². The van der Waals surface area contributed by atoms with Gasteiger partial charge in [0, 0.05) is 17.8 Å². The zero-order chi connectivity index (χ0) is 24.8. The zero-order valence-corrected chi connectivity index (χ0v) is 19.0. The van der Waals surface area contributed by atoms with Gasteiger partial charge in [-0.05, 0) is 36.8 Å². The molecule has 2 aromatic carbocycles. The Balaban J connectivity index is 2.29. The minimum absolute atomic E-state index is 0.0461. The van der Waals surface area contributed by atoms with Crippen LogP contribution in [0.3, 0.4) is 0 Å². The highest BCUT2D eigenvalue weighted by molar-refractivity contribution is 6.06. The molecule has 174 valence electrons. The number of nitrogens with zero attached hydrogens (tertiary/aromatic N) is 2. The Hall–Kier alpha value is -4.58. The summed E-state index contributed by atoms with van der Waals surface area (Å²) in [5, 5.41) is 12.7. The SMILES string of the molecule is CCNC(=O)c1ccc(N2C(N)=C(C#N)C(c3ccccc3)C(C(=O)OC)=C2C(=O)OC)cc1. The molecule has 1 aliphatic rings. The molecule has 0 saturated heterocycles. The van der Waals surface area contributed by atoms with Gasteiger partial charge in [-0.15, -0.1) is 0 Å². The quantitative estimate of drug-likeness (QED) is 0.627. The molecule has 1 unspecified atom stereocenters. The molecule has 34 heavy (non-hydrogen) atoms. The van der Waals surface area contributed by atoms with Crippen molar-refractivity contribution in [3.63, 3.8) is 0 Å². The lowest BCUT2D eigenvalue weighted by molar-refractivity contribution is -0.139. The van der Waals surface area contributed by atoms with Crippen LogP contribution >= 0.6 is 0 Å². The van der Waals surface area contributed by atoms with Crippen molar-refractivity contribution in [3.05, 3.63) is 88.4 Å². The van der Waals surface area contributed by atoms with Crippen LogP contribution in [0.5, 0.6) is 0 Å². The summed E-state index contributed by atoms with van der Waals surface area (Å²) in [5.74, 6) is -2.90. The number of nitrogens with one attached hydrogen (secondary N) is 1. The van der Waals surface area contributed by atoms with Crippen LogP contribution < -0.4 is 16.0 Å². The van der Waals surface area contributed by atoms with Gasteiger partial charge in [0.05, 0.1) is 37.4 Å². The fourth-order valence-corrected chi connectivity index (χ4v) is 3.81.